The molecule has 0 spiro atoms. The van der Waals surface area contributed by atoms with Crippen LogP contribution in [0, 0.1) is 0 Å². The van der Waals surface area contributed by atoms with Crippen LogP contribution in [-0.4, -0.2) is 30.3 Å². The Balaban J connectivity index is 2.85. The molecule has 0 radical (unpaired) electrons. The zero-order chi connectivity index (χ0) is 23.3. The van der Waals surface area contributed by atoms with Crippen LogP contribution in [0.15, 0.2) is 60.7 Å². The standard InChI is InChI=1S/C20H20F6NO3P/c1-2-3-14-30-17(28)27-18(19(21,22)23,20(24,25)26)31(29,15-10-6-4-7-11-15)16-12-8-5-9-13-16/h4-13H,2-3,14H2,1H3,(H,27,28). The average Bonchev–Trinajstić information content (AvgIpc) is 2.71. The Kier molecular flexibility index (Phi) is 7.47. The van der Waals surface area contributed by atoms with Gasteiger partial charge in [-0.3, -0.25) is 5.32 Å². The van der Waals surface area contributed by atoms with E-state index in [1.807, 2.05) is 0 Å². The summed E-state index contributed by atoms with van der Waals surface area (Å²) in [6.45, 7) is 1.30. The van der Waals surface area contributed by atoms with Crippen molar-refractivity contribution in [2.75, 3.05) is 6.61 Å². The molecule has 1 amide bonds. The molecular formula is C20H20F6NO3P. The third kappa shape index (κ3) is 4.59. The molecule has 0 bridgehead atoms. The molecule has 2 aromatic rings. The maximum absolute atomic E-state index is 14.3. The van der Waals surface area contributed by atoms with Crippen molar-refractivity contribution in [3.63, 3.8) is 0 Å². The number of rotatable bonds is 7. The SMILES string of the molecule is CCCCOC(=O)NC(C(F)(F)F)(C(F)(F)F)P(=O)(c1ccccc1)c1ccccc1. The second-order valence-corrected chi connectivity index (χ2v) is 9.52. The number of carbonyl (C=O) groups is 1. The van der Waals surface area contributed by atoms with Gasteiger partial charge in [-0.15, -0.1) is 0 Å². The number of nitrogens with one attached hydrogen (secondary N) is 1. The number of alkyl carbamates (subject to hydrolysis) is 1. The highest BCUT2D eigenvalue weighted by atomic mass is 31.2. The largest absolute Gasteiger partial charge is 0.450 e. The van der Waals surface area contributed by atoms with E-state index in [4.69, 9.17) is 0 Å². The van der Waals surface area contributed by atoms with E-state index in [-0.39, 0.29) is 6.42 Å². The Labute approximate surface area is 175 Å². The molecule has 1 N–H and O–H groups in total. The van der Waals surface area contributed by atoms with Crippen molar-refractivity contribution in [2.24, 2.45) is 0 Å². The van der Waals surface area contributed by atoms with Crippen LogP contribution in [0.1, 0.15) is 19.8 Å². The van der Waals surface area contributed by atoms with Crippen molar-refractivity contribution >= 4 is 23.8 Å². The Bertz CT molecular complexity index is 859. The normalized spacial score (nSPS) is 13.0. The molecule has 0 saturated heterocycles. The van der Waals surface area contributed by atoms with Crippen molar-refractivity contribution in [2.45, 2.75) is 37.4 Å². The fourth-order valence-corrected chi connectivity index (χ4v) is 6.26. The molecule has 0 aliphatic rings. The Morgan fingerprint density at radius 2 is 1.29 bits per heavy atom. The Morgan fingerprint density at radius 1 is 0.871 bits per heavy atom. The van der Waals surface area contributed by atoms with Gasteiger partial charge in [0, 0.05) is 10.6 Å². The smallest absolute Gasteiger partial charge is 0.428 e. The maximum atomic E-state index is 14.3. The van der Waals surface area contributed by atoms with Gasteiger partial charge in [-0.2, -0.15) is 26.3 Å². The first-order valence-corrected chi connectivity index (χ1v) is 10.9. The fraction of sp³-hybridized carbons (Fsp3) is 0.350. The van der Waals surface area contributed by atoms with E-state index in [1.165, 1.54) is 36.4 Å². The number of amides is 1. The van der Waals surface area contributed by atoms with Gasteiger partial charge in [-0.1, -0.05) is 74.0 Å². The van der Waals surface area contributed by atoms with Gasteiger partial charge in [0.05, 0.1) is 6.61 Å². The molecule has 0 saturated carbocycles. The maximum Gasteiger partial charge on any atom is 0.428 e. The molecule has 0 aromatic heterocycles. The number of halogens is 6. The van der Waals surface area contributed by atoms with Crippen LogP contribution in [0.2, 0.25) is 0 Å². The minimum atomic E-state index is -6.18. The molecule has 2 aromatic carbocycles. The molecule has 0 heterocycles. The van der Waals surface area contributed by atoms with Gasteiger partial charge in [-0.25, -0.2) is 4.79 Å². The van der Waals surface area contributed by atoms with Crippen LogP contribution in [0.4, 0.5) is 31.1 Å². The summed E-state index contributed by atoms with van der Waals surface area (Å²) in [4.78, 5) is 12.1. The van der Waals surface area contributed by atoms with E-state index in [1.54, 1.807) is 6.92 Å². The first-order chi connectivity index (χ1) is 14.4. The second-order valence-electron chi connectivity index (χ2n) is 6.60. The second kappa shape index (κ2) is 9.34. The van der Waals surface area contributed by atoms with Gasteiger partial charge >= 0.3 is 18.4 Å². The van der Waals surface area contributed by atoms with Crippen molar-refractivity contribution in [3.05, 3.63) is 60.7 Å². The monoisotopic (exact) mass is 467 g/mol. The highest BCUT2D eigenvalue weighted by Gasteiger charge is 2.81. The van der Waals surface area contributed by atoms with Crippen LogP contribution in [0.5, 0.6) is 0 Å². The number of benzene rings is 2. The lowest BCUT2D eigenvalue weighted by atomic mass is 10.2. The predicted molar refractivity (Wildman–Crippen MR) is 104 cm³/mol. The summed E-state index contributed by atoms with van der Waals surface area (Å²) in [6.07, 6.45) is -13.6. The van der Waals surface area contributed by atoms with Crippen LogP contribution in [0.3, 0.4) is 0 Å². The van der Waals surface area contributed by atoms with Crippen LogP contribution in [-0.2, 0) is 9.30 Å². The van der Waals surface area contributed by atoms with Crippen LogP contribution in [0.25, 0.3) is 0 Å². The van der Waals surface area contributed by atoms with E-state index in [0.717, 1.165) is 29.6 Å². The van der Waals surface area contributed by atoms with E-state index >= 15 is 0 Å². The average molecular weight is 467 g/mol. The van der Waals surface area contributed by atoms with Gasteiger partial charge in [0.1, 0.15) is 0 Å². The molecule has 0 atom stereocenters. The van der Waals surface area contributed by atoms with Crippen LogP contribution >= 0.6 is 7.14 Å². The Morgan fingerprint density at radius 3 is 1.65 bits per heavy atom. The lowest BCUT2D eigenvalue weighted by molar-refractivity contribution is -0.274. The number of alkyl halides is 6. The van der Waals surface area contributed by atoms with Crippen LogP contribution < -0.4 is 15.9 Å². The molecular weight excluding hydrogens is 447 g/mol. The quantitative estimate of drug-likeness (QED) is 0.340. The first kappa shape index (κ1) is 24.8. The molecule has 0 fully saturated rings. The number of ether oxygens (including phenoxy) is 1. The first-order valence-electron chi connectivity index (χ1n) is 9.21. The van der Waals surface area contributed by atoms with Gasteiger partial charge < -0.3 is 9.30 Å². The lowest BCUT2D eigenvalue weighted by Gasteiger charge is -2.43. The number of carbonyl (C=O) groups excluding carboxylic acids is 1. The predicted octanol–water partition coefficient (Wildman–Crippen LogP) is 5.35. The lowest BCUT2D eigenvalue weighted by Crippen LogP contribution is -2.69. The van der Waals surface area contributed by atoms with E-state index in [2.05, 4.69) is 4.74 Å². The summed E-state index contributed by atoms with van der Waals surface area (Å²) in [6, 6.07) is 11.0. The third-order valence-corrected chi connectivity index (χ3v) is 8.16. The number of hydrogen-bond donors (Lipinski definition) is 1. The fourth-order valence-electron chi connectivity index (χ4n) is 3.04. The van der Waals surface area contributed by atoms with Gasteiger partial charge in [0.25, 0.3) is 5.28 Å². The minimum Gasteiger partial charge on any atom is -0.450 e. The summed E-state index contributed by atoms with van der Waals surface area (Å²) in [5.41, 5.74) is 0. The van der Waals surface area contributed by atoms with E-state index in [9.17, 15) is 35.7 Å². The van der Waals surface area contributed by atoms with Crippen molar-refractivity contribution in [3.8, 4) is 0 Å². The zero-order valence-corrected chi connectivity index (χ0v) is 17.2. The molecule has 2 rings (SSSR count). The third-order valence-electron chi connectivity index (χ3n) is 4.55. The molecule has 31 heavy (non-hydrogen) atoms. The summed E-state index contributed by atoms with van der Waals surface area (Å²) >= 11 is 0. The molecule has 0 aliphatic carbocycles. The Hall–Kier alpha value is -2.48. The highest BCUT2D eigenvalue weighted by Crippen LogP contribution is 2.66. The van der Waals surface area contributed by atoms with Gasteiger partial charge in [0.15, 0.2) is 7.14 Å². The van der Waals surface area contributed by atoms with E-state index < -0.39 is 48.1 Å². The van der Waals surface area contributed by atoms with Crippen molar-refractivity contribution in [1.82, 2.24) is 5.32 Å². The number of hydrogen-bond acceptors (Lipinski definition) is 3. The summed E-state index contributed by atoms with van der Waals surface area (Å²) in [5, 5.41) is -5.62. The summed E-state index contributed by atoms with van der Waals surface area (Å²) in [5.74, 6) is 0. The number of unbranched alkanes of at least 4 members (excludes halogenated alkanes) is 1. The topological polar surface area (TPSA) is 55.4 Å². The molecule has 0 unspecified atom stereocenters. The minimum absolute atomic E-state index is 0.230. The molecule has 4 nitrogen and oxygen atoms in total. The summed E-state index contributed by atoms with van der Waals surface area (Å²) < 4.78 is 105. The molecule has 11 heteroatoms. The van der Waals surface area contributed by atoms with Gasteiger partial charge in [-0.05, 0) is 6.42 Å². The zero-order valence-electron chi connectivity index (χ0n) is 16.3. The molecule has 170 valence electrons. The van der Waals surface area contributed by atoms with E-state index in [0.29, 0.717) is 6.42 Å². The summed E-state index contributed by atoms with van der Waals surface area (Å²) in [7, 11) is -5.66. The van der Waals surface area contributed by atoms with Crippen molar-refractivity contribution < 1.29 is 40.4 Å². The van der Waals surface area contributed by atoms with Gasteiger partial charge in [0.2, 0.25) is 0 Å². The molecule has 0 aliphatic heterocycles. The van der Waals surface area contributed by atoms with Crippen molar-refractivity contribution in [1.29, 1.82) is 0 Å². The highest BCUT2D eigenvalue weighted by molar-refractivity contribution is 7.80.